The predicted octanol–water partition coefficient (Wildman–Crippen LogP) is 3.22. The van der Waals surface area contributed by atoms with Crippen LogP contribution in [-0.4, -0.2) is 95.3 Å². The fourth-order valence-corrected chi connectivity index (χ4v) is 6.75. The number of aromatic hydroxyl groups is 1. The topological polar surface area (TPSA) is 173 Å². The molecule has 1 fully saturated rings. The first-order valence-corrected chi connectivity index (χ1v) is 16.1. The van der Waals surface area contributed by atoms with Gasteiger partial charge in [-0.2, -0.15) is 22.7 Å². The van der Waals surface area contributed by atoms with E-state index in [1.165, 1.54) is 11.2 Å². The first-order chi connectivity index (χ1) is 23.8. The molecule has 7 rings (SSSR count). The molecule has 7 heterocycles. The van der Waals surface area contributed by atoms with Gasteiger partial charge < -0.3 is 25.0 Å². The van der Waals surface area contributed by atoms with Gasteiger partial charge in [0, 0.05) is 32.1 Å². The van der Waals surface area contributed by atoms with Gasteiger partial charge in [-0.25, -0.2) is 15.0 Å². The zero-order chi connectivity index (χ0) is 35.5. The molecule has 3 aliphatic rings. The molecule has 0 unspecified atom stereocenters. The van der Waals surface area contributed by atoms with E-state index < -0.39 is 40.4 Å². The van der Waals surface area contributed by atoms with Crippen LogP contribution in [0.1, 0.15) is 65.1 Å². The zero-order valence-corrected chi connectivity index (χ0v) is 27.5. The van der Waals surface area contributed by atoms with Crippen molar-refractivity contribution < 1.29 is 32.6 Å². The highest BCUT2D eigenvalue weighted by atomic mass is 35.5. The number of aromatic nitrogens is 7. The molecule has 3 aliphatic heterocycles. The van der Waals surface area contributed by atoms with Crippen molar-refractivity contribution in [2.75, 3.05) is 49.6 Å². The van der Waals surface area contributed by atoms with E-state index >= 15 is 0 Å². The maximum atomic E-state index is 14.3. The molecule has 0 spiro atoms. The zero-order valence-electron chi connectivity index (χ0n) is 26.7. The summed E-state index contributed by atoms with van der Waals surface area (Å²) in [4.78, 5) is 60.8. The lowest BCUT2D eigenvalue weighted by atomic mass is 10.0. The summed E-state index contributed by atoms with van der Waals surface area (Å²) in [5.41, 5.74) is -0.00679. The fourth-order valence-electron chi connectivity index (χ4n) is 6.55. The summed E-state index contributed by atoms with van der Waals surface area (Å²) in [7, 11) is 0. The molecule has 15 nitrogen and oxygen atoms in total. The first kappa shape index (κ1) is 33.4. The number of amides is 2. The maximum absolute atomic E-state index is 14.3. The number of hydrogen-bond acceptors (Lipinski definition) is 11. The highest BCUT2D eigenvalue weighted by Gasteiger charge is 2.41. The van der Waals surface area contributed by atoms with E-state index in [4.69, 9.17) is 21.3 Å². The lowest BCUT2D eigenvalue weighted by molar-refractivity contribution is -0.141. The molecule has 1 saturated heterocycles. The van der Waals surface area contributed by atoms with Crippen molar-refractivity contribution in [3.63, 3.8) is 0 Å². The van der Waals surface area contributed by atoms with Gasteiger partial charge in [-0.3, -0.25) is 19.0 Å². The monoisotopic (exact) mass is 714 g/mol. The van der Waals surface area contributed by atoms with E-state index in [0.29, 0.717) is 36.8 Å². The molecular weight excluding hydrogens is 685 g/mol. The molecule has 0 aromatic carbocycles. The Labute approximate surface area is 286 Å². The average molecular weight is 715 g/mol. The van der Waals surface area contributed by atoms with Gasteiger partial charge in [-0.1, -0.05) is 24.6 Å². The SMILES string of the molecule is Cc1ncnc(C(=O)N2CCN(c3c4n(c5nc(C6=CCOCC6)nn5c3=O)[C@H](C(=O)Nc3ccc(C(F)(F)F)nc3Cl)C[C@@H]4C)CC2)c1O. The second-order valence-electron chi connectivity index (χ2n) is 12.2. The van der Waals surface area contributed by atoms with Gasteiger partial charge in [0.15, 0.2) is 22.4 Å². The number of aryl methyl sites for hydroxylation is 1. The van der Waals surface area contributed by atoms with Gasteiger partial charge >= 0.3 is 6.18 Å². The predicted molar refractivity (Wildman–Crippen MR) is 172 cm³/mol. The number of piperazine rings is 1. The summed E-state index contributed by atoms with van der Waals surface area (Å²) >= 11 is 6.06. The molecule has 19 heteroatoms. The van der Waals surface area contributed by atoms with E-state index in [1.807, 2.05) is 17.9 Å². The highest BCUT2D eigenvalue weighted by molar-refractivity contribution is 6.32. The minimum absolute atomic E-state index is 0.108. The Hall–Kier alpha value is -5.10. The number of nitrogens with zero attached hydrogens (tertiary/aromatic N) is 9. The molecule has 2 amide bonds. The van der Waals surface area contributed by atoms with Crippen molar-refractivity contribution in [1.82, 2.24) is 39.0 Å². The number of carbonyl (C=O) groups excluding carboxylic acids is 2. The maximum Gasteiger partial charge on any atom is 0.433 e. The van der Waals surface area contributed by atoms with Crippen molar-refractivity contribution in [2.45, 2.75) is 44.8 Å². The number of rotatable bonds is 5. The number of pyridine rings is 1. The second-order valence-corrected chi connectivity index (χ2v) is 12.6. The number of nitrogens with one attached hydrogen (secondary N) is 1. The van der Waals surface area contributed by atoms with E-state index in [9.17, 15) is 32.7 Å². The Morgan fingerprint density at radius 1 is 1.12 bits per heavy atom. The van der Waals surface area contributed by atoms with Crippen LogP contribution in [0.5, 0.6) is 5.75 Å². The van der Waals surface area contributed by atoms with E-state index in [-0.39, 0.29) is 67.1 Å². The second kappa shape index (κ2) is 12.7. The third kappa shape index (κ3) is 5.81. The van der Waals surface area contributed by atoms with Crippen LogP contribution in [0.25, 0.3) is 11.4 Å². The van der Waals surface area contributed by atoms with Crippen LogP contribution in [0.15, 0.2) is 29.3 Å². The molecular formula is C31H30ClF3N10O5. The summed E-state index contributed by atoms with van der Waals surface area (Å²) < 4.78 is 47.8. The lowest BCUT2D eigenvalue weighted by Gasteiger charge is -2.36. The Balaban J connectivity index is 1.26. The van der Waals surface area contributed by atoms with Crippen molar-refractivity contribution >= 4 is 46.1 Å². The van der Waals surface area contributed by atoms with Crippen LogP contribution >= 0.6 is 11.6 Å². The Morgan fingerprint density at radius 3 is 2.56 bits per heavy atom. The quantitative estimate of drug-likeness (QED) is 0.291. The minimum atomic E-state index is -4.72. The van der Waals surface area contributed by atoms with Crippen molar-refractivity contribution in [3.8, 4) is 5.75 Å². The van der Waals surface area contributed by atoms with Crippen molar-refractivity contribution in [2.24, 2.45) is 0 Å². The number of fused-ring (bicyclic) bond motifs is 3. The standard InChI is InChI=1S/C31H30ClF3N10O5/c1-15-13-19(27(47)38-18-3-4-20(31(33,34)35)39-25(18)32)44-22(15)23(29(49)45-30(44)40-26(41-45)17-5-11-50-12-6-17)42-7-9-43(10-8-42)28(48)21-24(46)16(2)36-14-37-21/h3-5,14-15,19,46H,6-13H2,1-2H3,(H,38,47)/t15-,19-/m0/s1. The number of alkyl halides is 3. The molecule has 0 radical (unpaired) electrons. The van der Waals surface area contributed by atoms with E-state index in [0.717, 1.165) is 22.2 Å². The summed E-state index contributed by atoms with van der Waals surface area (Å²) in [6.07, 6.45) is -0.944. The molecule has 0 aliphatic carbocycles. The molecule has 50 heavy (non-hydrogen) atoms. The largest absolute Gasteiger partial charge is 0.504 e. The van der Waals surface area contributed by atoms with Gasteiger partial charge in [-0.15, -0.1) is 5.10 Å². The van der Waals surface area contributed by atoms with Crippen molar-refractivity contribution in [3.05, 3.63) is 68.6 Å². The van der Waals surface area contributed by atoms with Crippen LogP contribution in [0.2, 0.25) is 5.15 Å². The minimum Gasteiger partial charge on any atom is -0.504 e. The van der Waals surface area contributed by atoms with Gasteiger partial charge in [0.1, 0.15) is 23.8 Å². The Bertz CT molecular complexity index is 2130. The highest BCUT2D eigenvalue weighted by Crippen LogP contribution is 2.42. The summed E-state index contributed by atoms with van der Waals surface area (Å²) in [6, 6.07) is 0.815. The summed E-state index contributed by atoms with van der Waals surface area (Å²) in [6.45, 7) is 5.11. The molecule has 0 saturated carbocycles. The first-order valence-electron chi connectivity index (χ1n) is 15.7. The lowest BCUT2D eigenvalue weighted by Crippen LogP contribution is -2.51. The van der Waals surface area contributed by atoms with E-state index in [2.05, 4.69) is 25.4 Å². The van der Waals surface area contributed by atoms with E-state index in [1.54, 1.807) is 11.5 Å². The van der Waals surface area contributed by atoms with Gasteiger partial charge in [0.05, 0.1) is 30.3 Å². The molecule has 2 atom stereocenters. The Morgan fingerprint density at radius 2 is 1.88 bits per heavy atom. The smallest absolute Gasteiger partial charge is 0.433 e. The van der Waals surface area contributed by atoms with Crippen LogP contribution in [0.3, 0.4) is 0 Å². The average Bonchev–Trinajstić information content (AvgIpc) is 3.69. The molecule has 262 valence electrons. The number of ether oxygens (including phenoxy) is 1. The Kier molecular flexibility index (Phi) is 8.45. The third-order valence-corrected chi connectivity index (χ3v) is 9.39. The fraction of sp³-hybridized carbons (Fsp3) is 0.419. The van der Waals surface area contributed by atoms with Gasteiger partial charge in [-0.05, 0) is 37.5 Å². The number of carbonyl (C=O) groups is 2. The number of anilines is 2. The molecule has 2 N–H and O–H groups in total. The molecule has 4 aromatic rings. The van der Waals surface area contributed by atoms with Crippen LogP contribution in [0.4, 0.5) is 24.5 Å². The number of halogens is 4. The normalized spacial score (nSPS) is 19.4. The molecule has 4 aromatic heterocycles. The summed E-state index contributed by atoms with van der Waals surface area (Å²) in [5, 5.41) is 17.0. The van der Waals surface area contributed by atoms with Crippen LogP contribution in [0, 0.1) is 6.92 Å². The third-order valence-electron chi connectivity index (χ3n) is 9.10. The van der Waals surface area contributed by atoms with Gasteiger partial charge in [0.25, 0.3) is 11.5 Å². The van der Waals surface area contributed by atoms with Crippen LogP contribution < -0.4 is 15.8 Å². The number of hydrogen-bond donors (Lipinski definition) is 2. The molecule has 0 bridgehead atoms. The van der Waals surface area contributed by atoms with Crippen LogP contribution in [-0.2, 0) is 15.7 Å². The van der Waals surface area contributed by atoms with Crippen molar-refractivity contribution in [1.29, 1.82) is 0 Å². The van der Waals surface area contributed by atoms with Gasteiger partial charge in [0.2, 0.25) is 11.7 Å². The summed E-state index contributed by atoms with van der Waals surface area (Å²) in [5.74, 6) is -1.28.